The van der Waals surface area contributed by atoms with Gasteiger partial charge in [-0.25, -0.2) is 0 Å². The van der Waals surface area contributed by atoms with E-state index in [9.17, 15) is 4.79 Å². The maximum Gasteiger partial charge on any atom is 0.308 e. The predicted molar refractivity (Wildman–Crippen MR) is 151 cm³/mol. The van der Waals surface area contributed by atoms with E-state index in [0.717, 1.165) is 80.3 Å². The number of hydrogen-bond acceptors (Lipinski definition) is 6. The van der Waals surface area contributed by atoms with Gasteiger partial charge in [-0.05, 0) is 92.7 Å². The molecule has 6 heteroatoms. The molecule has 0 N–H and O–H groups in total. The number of hydrogen-bond donors (Lipinski definition) is 0. The molecule has 202 valence electrons. The number of rotatable bonds is 11. The quantitative estimate of drug-likeness (QED) is 0.169. The van der Waals surface area contributed by atoms with Crippen molar-refractivity contribution in [3.63, 3.8) is 0 Å². The number of nitrogens with zero attached hydrogens (tertiary/aromatic N) is 2. The molecule has 1 aliphatic rings. The Morgan fingerprint density at radius 2 is 1.47 bits per heavy atom. The van der Waals surface area contributed by atoms with Gasteiger partial charge in [-0.2, -0.15) is 0 Å². The summed E-state index contributed by atoms with van der Waals surface area (Å²) in [7, 11) is 0. The number of carbonyl (C=O) groups is 1. The molecule has 0 bridgehead atoms. The lowest BCUT2D eigenvalue weighted by Gasteiger charge is -2.34. The van der Waals surface area contributed by atoms with E-state index >= 15 is 0 Å². The Balaban J connectivity index is 1.20. The topological polar surface area (TPSA) is 51.2 Å². The first-order valence-corrected chi connectivity index (χ1v) is 13.6. The number of carbonyl (C=O) groups excluding carboxylic acids is 1. The van der Waals surface area contributed by atoms with Gasteiger partial charge >= 0.3 is 5.97 Å². The van der Waals surface area contributed by atoms with Crippen molar-refractivity contribution in [1.82, 2.24) is 9.80 Å². The number of esters is 1. The summed E-state index contributed by atoms with van der Waals surface area (Å²) in [5, 5.41) is 0. The van der Waals surface area contributed by atoms with Gasteiger partial charge in [-0.3, -0.25) is 9.69 Å². The minimum atomic E-state index is -0.339. The summed E-state index contributed by atoms with van der Waals surface area (Å²) in [5.41, 5.74) is 4.59. The molecule has 0 radical (unpaired) electrons. The SMILES string of the molecule is CC(=O)Oc1ccc(Oc2c(C)cc(OCCCCN3CCN(Cc4ccccc4)CC3)c(C)c2C)cc1. The Hall–Kier alpha value is -3.35. The Kier molecular flexibility index (Phi) is 9.79. The lowest BCUT2D eigenvalue weighted by atomic mass is 10.0. The highest BCUT2D eigenvalue weighted by Crippen LogP contribution is 2.36. The van der Waals surface area contributed by atoms with Gasteiger partial charge in [0.25, 0.3) is 0 Å². The van der Waals surface area contributed by atoms with E-state index in [1.54, 1.807) is 24.3 Å². The van der Waals surface area contributed by atoms with E-state index in [2.05, 4.69) is 60.0 Å². The molecule has 1 saturated heterocycles. The third kappa shape index (κ3) is 7.83. The van der Waals surface area contributed by atoms with Crippen LogP contribution in [0.5, 0.6) is 23.0 Å². The van der Waals surface area contributed by atoms with Crippen LogP contribution in [-0.2, 0) is 11.3 Å². The second-order valence-electron chi connectivity index (χ2n) is 10.1. The zero-order valence-corrected chi connectivity index (χ0v) is 23.2. The molecule has 0 spiro atoms. The second-order valence-corrected chi connectivity index (χ2v) is 10.1. The van der Waals surface area contributed by atoms with Crippen molar-refractivity contribution in [1.29, 1.82) is 0 Å². The van der Waals surface area contributed by atoms with Crippen molar-refractivity contribution in [2.75, 3.05) is 39.3 Å². The zero-order chi connectivity index (χ0) is 26.9. The first-order valence-electron chi connectivity index (χ1n) is 13.6. The fourth-order valence-corrected chi connectivity index (χ4v) is 4.82. The van der Waals surface area contributed by atoms with E-state index in [0.29, 0.717) is 18.1 Å². The van der Waals surface area contributed by atoms with Gasteiger partial charge in [0.15, 0.2) is 0 Å². The van der Waals surface area contributed by atoms with Gasteiger partial charge in [-0.1, -0.05) is 30.3 Å². The number of benzene rings is 3. The Morgan fingerprint density at radius 1 is 0.816 bits per heavy atom. The molecule has 3 aromatic rings. The normalized spacial score (nSPS) is 14.3. The van der Waals surface area contributed by atoms with Gasteiger partial charge < -0.3 is 19.1 Å². The van der Waals surface area contributed by atoms with Gasteiger partial charge in [0.1, 0.15) is 23.0 Å². The largest absolute Gasteiger partial charge is 0.493 e. The minimum Gasteiger partial charge on any atom is -0.493 e. The first kappa shape index (κ1) is 27.7. The molecular formula is C32H40N2O4. The van der Waals surface area contributed by atoms with Crippen LogP contribution >= 0.6 is 0 Å². The molecule has 1 aliphatic heterocycles. The summed E-state index contributed by atoms with van der Waals surface area (Å²) in [6.07, 6.45) is 2.18. The monoisotopic (exact) mass is 516 g/mol. The highest BCUT2D eigenvalue weighted by Gasteiger charge is 2.17. The maximum atomic E-state index is 11.1. The van der Waals surface area contributed by atoms with Gasteiger partial charge in [0.2, 0.25) is 0 Å². The van der Waals surface area contributed by atoms with Crippen molar-refractivity contribution >= 4 is 5.97 Å². The predicted octanol–water partition coefficient (Wildman–Crippen LogP) is 6.31. The van der Waals surface area contributed by atoms with Crippen molar-refractivity contribution in [3.05, 3.63) is 82.9 Å². The molecule has 0 aliphatic carbocycles. The van der Waals surface area contributed by atoms with Crippen LogP contribution in [0.4, 0.5) is 0 Å². The van der Waals surface area contributed by atoms with Gasteiger partial charge in [0, 0.05) is 39.6 Å². The summed E-state index contributed by atoms with van der Waals surface area (Å²) >= 11 is 0. The van der Waals surface area contributed by atoms with Gasteiger partial charge in [0.05, 0.1) is 6.61 Å². The van der Waals surface area contributed by atoms with Crippen LogP contribution in [0.15, 0.2) is 60.7 Å². The van der Waals surface area contributed by atoms with Crippen LogP contribution < -0.4 is 14.2 Å². The van der Waals surface area contributed by atoms with Crippen molar-refractivity contribution < 1.29 is 19.0 Å². The third-order valence-electron chi connectivity index (χ3n) is 7.12. The zero-order valence-electron chi connectivity index (χ0n) is 23.2. The molecule has 38 heavy (non-hydrogen) atoms. The molecule has 4 rings (SSSR count). The summed E-state index contributed by atoms with van der Waals surface area (Å²) < 4.78 is 17.5. The Morgan fingerprint density at radius 3 is 2.16 bits per heavy atom. The Labute approximate surface area is 227 Å². The summed E-state index contributed by atoms with van der Waals surface area (Å²) in [4.78, 5) is 16.3. The van der Waals surface area contributed by atoms with Crippen LogP contribution in [0.2, 0.25) is 0 Å². The molecule has 0 saturated carbocycles. The minimum absolute atomic E-state index is 0.339. The molecule has 1 fully saturated rings. The van der Waals surface area contributed by atoms with Gasteiger partial charge in [-0.15, -0.1) is 0 Å². The van der Waals surface area contributed by atoms with E-state index in [1.807, 2.05) is 6.92 Å². The van der Waals surface area contributed by atoms with Crippen molar-refractivity contribution in [3.8, 4) is 23.0 Å². The van der Waals surface area contributed by atoms with Crippen LogP contribution in [0.25, 0.3) is 0 Å². The average Bonchev–Trinajstić information content (AvgIpc) is 2.91. The fourth-order valence-electron chi connectivity index (χ4n) is 4.82. The van der Waals surface area contributed by atoms with Crippen LogP contribution in [0.1, 0.15) is 42.0 Å². The summed E-state index contributed by atoms with van der Waals surface area (Å²) in [6.45, 7) is 15.0. The average molecular weight is 517 g/mol. The number of aryl methyl sites for hydroxylation is 1. The number of ether oxygens (including phenoxy) is 3. The molecule has 0 amide bonds. The lowest BCUT2D eigenvalue weighted by molar-refractivity contribution is -0.131. The molecule has 0 aromatic heterocycles. The molecular weight excluding hydrogens is 476 g/mol. The van der Waals surface area contributed by atoms with E-state index in [4.69, 9.17) is 14.2 Å². The summed E-state index contributed by atoms with van der Waals surface area (Å²) in [6, 6.07) is 19.9. The number of piperazine rings is 1. The number of unbranched alkanes of at least 4 members (excludes halogenated alkanes) is 1. The standard InChI is InChI=1S/C32H40N2O4/c1-24-22-31(25(2)26(3)32(24)38-30-14-12-29(13-15-30)37-27(4)35)36-21-9-8-16-33-17-19-34(20-18-33)23-28-10-6-5-7-11-28/h5-7,10-15,22H,8-9,16-21,23H2,1-4H3. The van der Waals surface area contributed by atoms with Crippen molar-refractivity contribution in [2.45, 2.75) is 47.1 Å². The van der Waals surface area contributed by atoms with E-state index in [-0.39, 0.29) is 5.97 Å². The lowest BCUT2D eigenvalue weighted by Crippen LogP contribution is -2.46. The molecule has 3 aromatic carbocycles. The molecule has 0 unspecified atom stereocenters. The van der Waals surface area contributed by atoms with Crippen LogP contribution in [0, 0.1) is 20.8 Å². The molecule has 0 atom stereocenters. The second kappa shape index (κ2) is 13.4. The fraction of sp³-hybridized carbons (Fsp3) is 0.406. The van der Waals surface area contributed by atoms with E-state index < -0.39 is 0 Å². The smallest absolute Gasteiger partial charge is 0.308 e. The first-order chi connectivity index (χ1) is 18.4. The molecule has 6 nitrogen and oxygen atoms in total. The van der Waals surface area contributed by atoms with Crippen LogP contribution in [0.3, 0.4) is 0 Å². The highest BCUT2D eigenvalue weighted by molar-refractivity contribution is 5.69. The highest BCUT2D eigenvalue weighted by atomic mass is 16.5. The maximum absolute atomic E-state index is 11.1. The van der Waals surface area contributed by atoms with Crippen LogP contribution in [-0.4, -0.2) is 55.1 Å². The summed E-state index contributed by atoms with van der Waals surface area (Å²) in [5.74, 6) is 2.62. The molecule has 1 heterocycles. The third-order valence-corrected chi connectivity index (χ3v) is 7.12. The van der Waals surface area contributed by atoms with E-state index in [1.165, 1.54) is 12.5 Å². The Bertz CT molecular complexity index is 1190. The van der Waals surface area contributed by atoms with Crippen molar-refractivity contribution in [2.24, 2.45) is 0 Å².